The summed E-state index contributed by atoms with van der Waals surface area (Å²) in [4.78, 5) is 12.8. The molecule has 1 fully saturated rings. The number of benzene rings is 1. The highest BCUT2D eigenvalue weighted by atomic mass is 35.5. The van der Waals surface area contributed by atoms with Crippen LogP contribution in [0, 0.1) is 6.92 Å². The fourth-order valence-corrected chi connectivity index (χ4v) is 3.89. The predicted molar refractivity (Wildman–Crippen MR) is 105 cm³/mol. The lowest BCUT2D eigenvalue weighted by molar-refractivity contribution is 0.0487. The second kappa shape index (κ2) is 8.31. The Morgan fingerprint density at radius 2 is 2.00 bits per heavy atom. The van der Waals surface area contributed by atoms with Crippen molar-refractivity contribution >= 4 is 17.5 Å². The van der Waals surface area contributed by atoms with Gasteiger partial charge in [-0.05, 0) is 44.4 Å². The van der Waals surface area contributed by atoms with Gasteiger partial charge in [0.1, 0.15) is 10.9 Å². The van der Waals surface area contributed by atoms with E-state index in [1.807, 2.05) is 19.1 Å². The molecule has 7 heteroatoms. The zero-order valence-corrected chi connectivity index (χ0v) is 16.8. The zero-order valence-electron chi connectivity index (χ0n) is 16.0. The summed E-state index contributed by atoms with van der Waals surface area (Å²) in [6.45, 7) is 6.27. The summed E-state index contributed by atoms with van der Waals surface area (Å²) < 4.78 is 12.6. The minimum absolute atomic E-state index is 0.165. The molecule has 0 atom stereocenters. The number of amides is 1. The number of halogens is 1. The summed E-state index contributed by atoms with van der Waals surface area (Å²) in [6, 6.07) is 8.15. The number of hydrogen-bond donors (Lipinski definition) is 1. The highest BCUT2D eigenvalue weighted by Gasteiger charge is 2.35. The molecule has 0 bridgehead atoms. The van der Waals surface area contributed by atoms with Gasteiger partial charge < -0.3 is 14.8 Å². The molecular formula is C20H26ClN3O3. The van der Waals surface area contributed by atoms with Crippen molar-refractivity contribution in [3.63, 3.8) is 0 Å². The molecular weight excluding hydrogens is 366 g/mol. The van der Waals surface area contributed by atoms with Gasteiger partial charge in [0.05, 0.1) is 17.9 Å². The van der Waals surface area contributed by atoms with Crippen LogP contribution in [-0.2, 0) is 17.2 Å². The van der Waals surface area contributed by atoms with Crippen LogP contribution in [0.3, 0.4) is 0 Å². The summed E-state index contributed by atoms with van der Waals surface area (Å²) >= 11 is 6.23. The van der Waals surface area contributed by atoms with Gasteiger partial charge in [0.15, 0.2) is 0 Å². The third kappa shape index (κ3) is 4.12. The molecule has 0 unspecified atom stereocenters. The second-order valence-electron chi connectivity index (χ2n) is 6.91. The smallest absolute Gasteiger partial charge is 0.256 e. The number of carbonyl (C=O) groups is 1. The first-order valence-electron chi connectivity index (χ1n) is 9.25. The molecule has 1 amide bonds. The normalized spacial score (nSPS) is 16.1. The molecule has 1 aromatic carbocycles. The number of rotatable bonds is 6. The quantitative estimate of drug-likeness (QED) is 0.820. The fraction of sp³-hybridized carbons (Fsp3) is 0.500. The standard InChI is InChI=1S/C20H26ClN3O3/c1-4-27-16-7-5-15(6-8-16)20(9-11-26-12-10-20)13-22-19(25)17-14(2)23-24(3)18(17)21/h5-8H,4,9-13H2,1-3H3,(H,22,25). The summed E-state index contributed by atoms with van der Waals surface area (Å²) in [7, 11) is 1.73. The molecule has 1 N–H and O–H groups in total. The molecule has 0 aliphatic carbocycles. The van der Waals surface area contributed by atoms with Gasteiger partial charge in [0.25, 0.3) is 5.91 Å². The Morgan fingerprint density at radius 1 is 1.33 bits per heavy atom. The third-order valence-corrected chi connectivity index (χ3v) is 5.63. The number of carbonyl (C=O) groups excluding carboxylic acids is 1. The summed E-state index contributed by atoms with van der Waals surface area (Å²) in [5.74, 6) is 0.660. The first kappa shape index (κ1) is 19.7. The topological polar surface area (TPSA) is 65.4 Å². The molecule has 146 valence electrons. The van der Waals surface area contributed by atoms with E-state index in [9.17, 15) is 4.79 Å². The van der Waals surface area contributed by atoms with E-state index in [0.29, 0.717) is 42.8 Å². The molecule has 2 heterocycles. The Morgan fingerprint density at radius 3 is 2.56 bits per heavy atom. The molecule has 1 aliphatic heterocycles. The van der Waals surface area contributed by atoms with Crippen molar-refractivity contribution in [1.82, 2.24) is 15.1 Å². The van der Waals surface area contributed by atoms with Gasteiger partial charge in [-0.2, -0.15) is 5.10 Å². The first-order chi connectivity index (χ1) is 13.0. The molecule has 6 nitrogen and oxygen atoms in total. The van der Waals surface area contributed by atoms with Crippen molar-refractivity contribution in [3.05, 3.63) is 46.2 Å². The van der Waals surface area contributed by atoms with Crippen LogP contribution in [0.4, 0.5) is 0 Å². The number of nitrogens with zero attached hydrogens (tertiary/aromatic N) is 2. The Hall–Kier alpha value is -2.05. The van der Waals surface area contributed by atoms with Crippen molar-refractivity contribution in [2.24, 2.45) is 7.05 Å². The van der Waals surface area contributed by atoms with Crippen molar-refractivity contribution in [3.8, 4) is 5.75 Å². The van der Waals surface area contributed by atoms with Gasteiger partial charge in [0, 0.05) is 32.2 Å². The van der Waals surface area contributed by atoms with E-state index >= 15 is 0 Å². The molecule has 1 saturated heterocycles. The number of aryl methyl sites for hydroxylation is 2. The maximum absolute atomic E-state index is 12.8. The number of ether oxygens (including phenoxy) is 2. The van der Waals surface area contributed by atoms with E-state index in [0.717, 1.165) is 18.6 Å². The molecule has 0 radical (unpaired) electrons. The SMILES string of the molecule is CCOc1ccc(C2(CNC(=O)c3c(C)nn(C)c3Cl)CCOCC2)cc1. The molecule has 1 aliphatic rings. The average Bonchev–Trinajstić information content (AvgIpc) is 2.93. The highest BCUT2D eigenvalue weighted by molar-refractivity contribution is 6.33. The van der Waals surface area contributed by atoms with Crippen LogP contribution in [0.25, 0.3) is 0 Å². The van der Waals surface area contributed by atoms with E-state index in [-0.39, 0.29) is 11.3 Å². The lowest BCUT2D eigenvalue weighted by Crippen LogP contribution is -2.44. The fourth-order valence-electron chi connectivity index (χ4n) is 3.63. The molecule has 1 aromatic heterocycles. The Bertz CT molecular complexity index is 796. The van der Waals surface area contributed by atoms with Crippen LogP contribution in [0.2, 0.25) is 5.15 Å². The predicted octanol–water partition coefficient (Wildman–Crippen LogP) is 3.26. The van der Waals surface area contributed by atoms with Gasteiger partial charge in [-0.1, -0.05) is 23.7 Å². The second-order valence-corrected chi connectivity index (χ2v) is 7.27. The minimum atomic E-state index is -0.192. The van der Waals surface area contributed by atoms with Crippen LogP contribution in [-0.4, -0.2) is 42.1 Å². The van der Waals surface area contributed by atoms with Gasteiger partial charge in [-0.15, -0.1) is 0 Å². The van der Waals surface area contributed by atoms with Crippen LogP contribution >= 0.6 is 11.6 Å². The monoisotopic (exact) mass is 391 g/mol. The minimum Gasteiger partial charge on any atom is -0.494 e. The molecule has 0 saturated carbocycles. The van der Waals surface area contributed by atoms with Crippen molar-refractivity contribution in [2.45, 2.75) is 32.1 Å². The Balaban J connectivity index is 1.79. The molecule has 3 rings (SSSR count). The molecule has 27 heavy (non-hydrogen) atoms. The maximum atomic E-state index is 12.8. The lowest BCUT2D eigenvalue weighted by Gasteiger charge is -2.38. The van der Waals surface area contributed by atoms with E-state index in [4.69, 9.17) is 21.1 Å². The van der Waals surface area contributed by atoms with Crippen molar-refractivity contribution in [2.75, 3.05) is 26.4 Å². The molecule has 0 spiro atoms. The summed E-state index contributed by atoms with van der Waals surface area (Å²) in [5.41, 5.74) is 2.08. The maximum Gasteiger partial charge on any atom is 0.256 e. The van der Waals surface area contributed by atoms with E-state index in [1.165, 1.54) is 10.2 Å². The zero-order chi connectivity index (χ0) is 19.4. The third-order valence-electron chi connectivity index (χ3n) is 5.19. The van der Waals surface area contributed by atoms with E-state index in [1.54, 1.807) is 14.0 Å². The van der Waals surface area contributed by atoms with Gasteiger partial charge in [-0.3, -0.25) is 9.48 Å². The lowest BCUT2D eigenvalue weighted by atomic mass is 9.74. The number of nitrogens with one attached hydrogen (secondary N) is 1. The highest BCUT2D eigenvalue weighted by Crippen LogP contribution is 2.35. The Kier molecular flexibility index (Phi) is 6.07. The first-order valence-corrected chi connectivity index (χ1v) is 9.63. The average molecular weight is 392 g/mol. The Labute approximate surface area is 164 Å². The molecule has 2 aromatic rings. The van der Waals surface area contributed by atoms with Gasteiger partial charge in [0.2, 0.25) is 0 Å². The van der Waals surface area contributed by atoms with Crippen molar-refractivity contribution in [1.29, 1.82) is 0 Å². The van der Waals surface area contributed by atoms with Crippen LogP contribution < -0.4 is 10.1 Å². The van der Waals surface area contributed by atoms with Crippen molar-refractivity contribution < 1.29 is 14.3 Å². The van der Waals surface area contributed by atoms with Gasteiger partial charge >= 0.3 is 0 Å². The van der Waals surface area contributed by atoms with Gasteiger partial charge in [-0.25, -0.2) is 0 Å². The van der Waals surface area contributed by atoms with E-state index in [2.05, 4.69) is 22.5 Å². The van der Waals surface area contributed by atoms with Crippen LogP contribution in [0.1, 0.15) is 41.4 Å². The number of hydrogen-bond acceptors (Lipinski definition) is 4. The summed E-state index contributed by atoms with van der Waals surface area (Å²) in [6.07, 6.45) is 1.70. The number of aromatic nitrogens is 2. The van der Waals surface area contributed by atoms with E-state index < -0.39 is 0 Å². The summed E-state index contributed by atoms with van der Waals surface area (Å²) in [5, 5.41) is 7.65. The largest absolute Gasteiger partial charge is 0.494 e. The van der Waals surface area contributed by atoms with Crippen LogP contribution in [0.5, 0.6) is 5.75 Å². The van der Waals surface area contributed by atoms with Crippen LogP contribution in [0.15, 0.2) is 24.3 Å².